The molecule has 5 heteroatoms. The number of nitriles is 1. The highest BCUT2D eigenvalue weighted by Gasteiger charge is 2.29. The maximum absolute atomic E-state index is 11.9. The first-order valence-corrected chi connectivity index (χ1v) is 7.48. The monoisotopic (exact) mass is 287 g/mol. The third kappa shape index (κ3) is 2.36. The molecule has 1 unspecified atom stereocenters. The minimum Gasteiger partial charge on any atom is -0.370 e. The third-order valence-corrected chi connectivity index (χ3v) is 4.31. The molecule has 1 aromatic rings. The largest absolute Gasteiger partial charge is 0.370 e. The van der Waals surface area contributed by atoms with Crippen molar-refractivity contribution in [2.45, 2.75) is 24.5 Å². The van der Waals surface area contributed by atoms with Crippen molar-refractivity contribution in [3.63, 3.8) is 0 Å². The molecule has 1 atom stereocenters. The van der Waals surface area contributed by atoms with E-state index in [0.29, 0.717) is 18.5 Å². The van der Waals surface area contributed by atoms with Gasteiger partial charge in [-0.15, -0.1) is 0 Å². The fraction of sp³-hybridized carbons (Fsp3) is 0.467. The summed E-state index contributed by atoms with van der Waals surface area (Å²) in [5.74, 6) is 0.0859. The minimum atomic E-state index is 0.0859. The number of hydrogen-bond acceptors (Lipinski definition) is 4. The predicted octanol–water partition coefficient (Wildman–Crippen LogP) is 2.19. The highest BCUT2D eigenvalue weighted by atomic mass is 32.1. The summed E-state index contributed by atoms with van der Waals surface area (Å²) in [5, 5.41) is 9.46. The molecule has 0 spiro atoms. The molecule has 3 rings (SSSR count). The number of thiol groups is 1. The highest BCUT2D eigenvalue weighted by molar-refractivity contribution is 7.81. The molecular weight excluding hydrogens is 270 g/mol. The standard InChI is InChI=1S/C15H17N3OS/c16-9-11-7-12(18-10-13(20)8-15(18)19)3-4-14(11)17-5-1-2-6-17/h3-4,7,13,20H,1-2,5-6,8,10H2. The number of nitrogens with zero attached hydrogens (tertiary/aromatic N) is 3. The Kier molecular flexibility index (Phi) is 3.58. The number of amides is 1. The maximum Gasteiger partial charge on any atom is 0.228 e. The topological polar surface area (TPSA) is 47.3 Å². The molecule has 0 radical (unpaired) electrons. The van der Waals surface area contributed by atoms with Gasteiger partial charge in [0, 0.05) is 37.0 Å². The van der Waals surface area contributed by atoms with Gasteiger partial charge >= 0.3 is 0 Å². The Morgan fingerprint density at radius 2 is 2.05 bits per heavy atom. The SMILES string of the molecule is N#Cc1cc(N2CC(S)CC2=O)ccc1N1CCCC1. The number of hydrogen-bond donors (Lipinski definition) is 1. The fourth-order valence-electron chi connectivity index (χ4n) is 2.95. The van der Waals surface area contributed by atoms with Crippen molar-refractivity contribution in [3.05, 3.63) is 23.8 Å². The molecule has 0 aliphatic carbocycles. The molecular formula is C15H17N3OS. The van der Waals surface area contributed by atoms with Crippen molar-refractivity contribution in [1.82, 2.24) is 0 Å². The summed E-state index contributed by atoms with van der Waals surface area (Å²) in [5.41, 5.74) is 2.45. The van der Waals surface area contributed by atoms with E-state index in [1.165, 1.54) is 12.8 Å². The lowest BCUT2D eigenvalue weighted by Crippen LogP contribution is -2.25. The highest BCUT2D eigenvalue weighted by Crippen LogP contribution is 2.30. The molecule has 20 heavy (non-hydrogen) atoms. The van der Waals surface area contributed by atoms with Gasteiger partial charge in [0.25, 0.3) is 0 Å². The Morgan fingerprint density at radius 1 is 1.30 bits per heavy atom. The van der Waals surface area contributed by atoms with E-state index in [4.69, 9.17) is 0 Å². The van der Waals surface area contributed by atoms with Gasteiger partial charge in [-0.2, -0.15) is 17.9 Å². The molecule has 1 amide bonds. The van der Waals surface area contributed by atoms with Crippen LogP contribution in [0.3, 0.4) is 0 Å². The molecule has 1 aromatic carbocycles. The van der Waals surface area contributed by atoms with Crippen molar-refractivity contribution >= 4 is 29.9 Å². The second kappa shape index (κ2) is 5.37. The van der Waals surface area contributed by atoms with Crippen LogP contribution in [0.1, 0.15) is 24.8 Å². The Bertz CT molecular complexity index is 575. The average Bonchev–Trinajstić information content (AvgIpc) is 3.07. The van der Waals surface area contributed by atoms with E-state index in [9.17, 15) is 10.1 Å². The smallest absolute Gasteiger partial charge is 0.228 e. The van der Waals surface area contributed by atoms with Crippen LogP contribution in [0.2, 0.25) is 0 Å². The third-order valence-electron chi connectivity index (χ3n) is 3.96. The van der Waals surface area contributed by atoms with Gasteiger partial charge in [0.2, 0.25) is 5.91 Å². The molecule has 0 bridgehead atoms. The van der Waals surface area contributed by atoms with Gasteiger partial charge in [-0.05, 0) is 31.0 Å². The number of rotatable bonds is 2. The van der Waals surface area contributed by atoms with Gasteiger partial charge in [-0.1, -0.05) is 0 Å². The minimum absolute atomic E-state index is 0.0859. The Labute approximate surface area is 124 Å². The Hall–Kier alpha value is -1.67. The molecule has 0 N–H and O–H groups in total. The normalized spacial score (nSPS) is 22.4. The predicted molar refractivity (Wildman–Crippen MR) is 82.3 cm³/mol. The zero-order valence-electron chi connectivity index (χ0n) is 11.2. The lowest BCUT2D eigenvalue weighted by atomic mass is 10.1. The van der Waals surface area contributed by atoms with E-state index in [0.717, 1.165) is 24.5 Å². The molecule has 2 heterocycles. The van der Waals surface area contributed by atoms with Crippen LogP contribution in [0, 0.1) is 11.3 Å². The van der Waals surface area contributed by atoms with Crippen LogP contribution in [0.25, 0.3) is 0 Å². The van der Waals surface area contributed by atoms with Crippen molar-refractivity contribution in [2.24, 2.45) is 0 Å². The molecule has 4 nitrogen and oxygen atoms in total. The van der Waals surface area contributed by atoms with Gasteiger partial charge in [0.1, 0.15) is 6.07 Å². The Morgan fingerprint density at radius 3 is 2.65 bits per heavy atom. The lowest BCUT2D eigenvalue weighted by molar-refractivity contribution is -0.117. The van der Waals surface area contributed by atoms with Gasteiger partial charge < -0.3 is 9.80 Å². The van der Waals surface area contributed by atoms with Gasteiger partial charge in [-0.3, -0.25) is 4.79 Å². The first kappa shape index (κ1) is 13.3. The fourth-order valence-corrected chi connectivity index (χ4v) is 3.27. The molecule has 0 aromatic heterocycles. The number of carbonyl (C=O) groups excluding carboxylic acids is 1. The van der Waals surface area contributed by atoms with Crippen molar-refractivity contribution < 1.29 is 4.79 Å². The van der Waals surface area contributed by atoms with Crippen LogP contribution in [-0.4, -0.2) is 30.8 Å². The quantitative estimate of drug-likeness (QED) is 0.848. The van der Waals surface area contributed by atoms with Crippen molar-refractivity contribution in [1.29, 1.82) is 5.26 Å². The summed E-state index contributed by atoms with van der Waals surface area (Å²) in [7, 11) is 0. The van der Waals surface area contributed by atoms with E-state index in [1.807, 2.05) is 18.2 Å². The van der Waals surface area contributed by atoms with E-state index < -0.39 is 0 Å². The van der Waals surface area contributed by atoms with Gasteiger partial charge in [-0.25, -0.2) is 0 Å². The van der Waals surface area contributed by atoms with E-state index >= 15 is 0 Å². The average molecular weight is 287 g/mol. The summed E-state index contributed by atoms with van der Waals surface area (Å²) in [4.78, 5) is 15.9. The van der Waals surface area contributed by atoms with Crippen LogP contribution in [0.5, 0.6) is 0 Å². The van der Waals surface area contributed by atoms with Gasteiger partial charge in [0.15, 0.2) is 0 Å². The van der Waals surface area contributed by atoms with E-state index in [2.05, 4.69) is 23.6 Å². The summed E-state index contributed by atoms with van der Waals surface area (Å²) >= 11 is 4.37. The van der Waals surface area contributed by atoms with Crippen molar-refractivity contribution in [3.8, 4) is 6.07 Å². The molecule has 2 aliphatic rings. The van der Waals surface area contributed by atoms with Crippen LogP contribution < -0.4 is 9.80 Å². The van der Waals surface area contributed by atoms with Crippen LogP contribution in [0.15, 0.2) is 18.2 Å². The zero-order valence-corrected chi connectivity index (χ0v) is 12.1. The summed E-state index contributed by atoms with van der Waals surface area (Å²) in [6.45, 7) is 2.64. The number of anilines is 2. The zero-order chi connectivity index (χ0) is 14.1. The van der Waals surface area contributed by atoms with E-state index in [-0.39, 0.29) is 11.2 Å². The van der Waals surface area contributed by atoms with Crippen LogP contribution >= 0.6 is 12.6 Å². The molecule has 2 fully saturated rings. The number of benzene rings is 1. The van der Waals surface area contributed by atoms with Crippen LogP contribution in [-0.2, 0) is 4.79 Å². The van der Waals surface area contributed by atoms with Crippen molar-refractivity contribution in [2.75, 3.05) is 29.4 Å². The second-order valence-corrected chi connectivity index (χ2v) is 6.10. The first-order chi connectivity index (χ1) is 9.69. The first-order valence-electron chi connectivity index (χ1n) is 6.96. The molecule has 2 saturated heterocycles. The lowest BCUT2D eigenvalue weighted by Gasteiger charge is -2.22. The maximum atomic E-state index is 11.9. The summed E-state index contributed by atoms with van der Waals surface area (Å²) < 4.78 is 0. The molecule has 2 aliphatic heterocycles. The van der Waals surface area contributed by atoms with Crippen LogP contribution in [0.4, 0.5) is 11.4 Å². The number of carbonyl (C=O) groups is 1. The second-order valence-electron chi connectivity index (χ2n) is 5.37. The van der Waals surface area contributed by atoms with E-state index in [1.54, 1.807) is 4.90 Å². The Balaban J connectivity index is 1.91. The summed E-state index contributed by atoms with van der Waals surface area (Å²) in [6.07, 6.45) is 2.83. The summed E-state index contributed by atoms with van der Waals surface area (Å²) in [6, 6.07) is 8.01. The van der Waals surface area contributed by atoms with Gasteiger partial charge in [0.05, 0.1) is 11.3 Å². The molecule has 0 saturated carbocycles. The molecule has 104 valence electrons.